The van der Waals surface area contributed by atoms with Crippen LogP contribution in [0.25, 0.3) is 130 Å². The van der Waals surface area contributed by atoms with Crippen molar-refractivity contribution in [2.24, 2.45) is 0 Å². The molecule has 0 spiro atoms. The Bertz CT molecular complexity index is 3710. The third-order valence-electron chi connectivity index (χ3n) is 12.4. The fourth-order valence-corrected chi connectivity index (χ4v) is 10.2. The summed E-state index contributed by atoms with van der Waals surface area (Å²) in [6.07, 6.45) is 0. The Kier molecular flexibility index (Phi) is 5.45. The van der Waals surface area contributed by atoms with Crippen LogP contribution < -0.4 is 0 Å². The molecule has 0 N–H and O–H groups in total. The lowest BCUT2D eigenvalue weighted by Gasteiger charge is -2.18. The predicted molar refractivity (Wildman–Crippen MR) is 235 cm³/mol. The molecule has 13 rings (SSSR count). The summed E-state index contributed by atoms with van der Waals surface area (Å²) in [5, 5.41) is 26.2. The Labute approximate surface area is 310 Å². The second-order valence-electron chi connectivity index (χ2n) is 15.1. The maximum absolute atomic E-state index is 2.55. The highest BCUT2D eigenvalue weighted by Crippen LogP contribution is 2.53. The molecular formula is C54H30. The highest BCUT2D eigenvalue weighted by Gasteiger charge is 2.25. The first kappa shape index (κ1) is 28.6. The van der Waals surface area contributed by atoms with Crippen molar-refractivity contribution >= 4 is 108 Å². The van der Waals surface area contributed by atoms with E-state index in [0.717, 1.165) is 0 Å². The average molecular weight is 679 g/mol. The Balaban J connectivity index is 1.32. The summed E-state index contributed by atoms with van der Waals surface area (Å²) >= 11 is 0. The minimum absolute atomic E-state index is 1.25. The van der Waals surface area contributed by atoms with E-state index in [1.807, 2.05) is 0 Å². The molecule has 0 unspecified atom stereocenters. The fraction of sp³-hybridized carbons (Fsp3) is 0. The van der Waals surface area contributed by atoms with Gasteiger partial charge in [-0.05, 0) is 160 Å². The van der Waals surface area contributed by atoms with Crippen molar-refractivity contribution in [2.45, 2.75) is 0 Å². The van der Waals surface area contributed by atoms with Crippen LogP contribution in [0.5, 0.6) is 0 Å². The van der Waals surface area contributed by atoms with Gasteiger partial charge in [0.25, 0.3) is 0 Å². The first-order valence-corrected chi connectivity index (χ1v) is 18.9. The highest BCUT2D eigenvalue weighted by atomic mass is 14.3. The normalized spacial score (nSPS) is 12.4. The predicted octanol–water partition coefficient (Wildman–Crippen LogP) is 15.4. The molecular weight excluding hydrogens is 649 g/mol. The Hall–Kier alpha value is -7.02. The smallest absolute Gasteiger partial charge is 0.000741 e. The molecule has 0 bridgehead atoms. The van der Waals surface area contributed by atoms with Gasteiger partial charge in [-0.2, -0.15) is 0 Å². The van der Waals surface area contributed by atoms with Crippen LogP contribution in [0, 0.1) is 0 Å². The van der Waals surface area contributed by atoms with Gasteiger partial charge >= 0.3 is 0 Å². The van der Waals surface area contributed by atoms with Crippen molar-refractivity contribution in [1.82, 2.24) is 0 Å². The van der Waals surface area contributed by atoms with E-state index in [1.54, 1.807) is 0 Å². The number of fused-ring (bicyclic) bond motifs is 11. The van der Waals surface area contributed by atoms with E-state index in [2.05, 4.69) is 182 Å². The largest absolute Gasteiger partial charge is 0.0616 e. The Morgan fingerprint density at radius 2 is 0.630 bits per heavy atom. The summed E-state index contributed by atoms with van der Waals surface area (Å²) in [5.41, 5.74) is 5.14. The van der Waals surface area contributed by atoms with Crippen LogP contribution in [0.15, 0.2) is 182 Å². The van der Waals surface area contributed by atoms with Crippen molar-refractivity contribution in [2.75, 3.05) is 0 Å². The van der Waals surface area contributed by atoms with Crippen LogP contribution in [-0.4, -0.2) is 0 Å². The molecule has 0 aliphatic rings. The molecule has 0 saturated heterocycles. The van der Waals surface area contributed by atoms with E-state index in [9.17, 15) is 0 Å². The van der Waals surface area contributed by atoms with Gasteiger partial charge in [0.2, 0.25) is 0 Å². The van der Waals surface area contributed by atoms with E-state index >= 15 is 0 Å². The van der Waals surface area contributed by atoms with Gasteiger partial charge in [-0.1, -0.05) is 152 Å². The summed E-state index contributed by atoms with van der Waals surface area (Å²) < 4.78 is 0. The topological polar surface area (TPSA) is 0 Å². The Morgan fingerprint density at radius 3 is 1.24 bits per heavy atom. The van der Waals surface area contributed by atoms with Crippen LogP contribution in [0.4, 0.5) is 0 Å². The van der Waals surface area contributed by atoms with Gasteiger partial charge in [-0.25, -0.2) is 0 Å². The molecule has 0 aromatic heterocycles. The quantitative estimate of drug-likeness (QED) is 0.160. The van der Waals surface area contributed by atoms with Gasteiger partial charge in [-0.3, -0.25) is 0 Å². The summed E-state index contributed by atoms with van der Waals surface area (Å²) in [6.45, 7) is 0. The van der Waals surface area contributed by atoms with Crippen molar-refractivity contribution in [3.63, 3.8) is 0 Å². The van der Waals surface area contributed by atoms with Crippen molar-refractivity contribution in [1.29, 1.82) is 0 Å². The molecule has 0 aliphatic heterocycles. The number of hydrogen-bond donors (Lipinski definition) is 0. The lowest BCUT2D eigenvalue weighted by atomic mass is 9.85. The zero-order valence-corrected chi connectivity index (χ0v) is 29.3. The number of hydrogen-bond acceptors (Lipinski definition) is 0. The van der Waals surface area contributed by atoms with Crippen molar-refractivity contribution in [3.8, 4) is 22.3 Å². The van der Waals surface area contributed by atoms with Gasteiger partial charge < -0.3 is 0 Å². The van der Waals surface area contributed by atoms with Crippen molar-refractivity contribution in [3.05, 3.63) is 182 Å². The zero-order valence-electron chi connectivity index (χ0n) is 29.3. The molecule has 0 heteroatoms. The second-order valence-corrected chi connectivity index (χ2v) is 15.1. The summed E-state index contributed by atoms with van der Waals surface area (Å²) in [4.78, 5) is 0. The van der Waals surface area contributed by atoms with Gasteiger partial charge in [0.05, 0.1) is 0 Å². The molecule has 0 heterocycles. The number of rotatable bonds is 2. The average Bonchev–Trinajstić information content (AvgIpc) is 3.72. The van der Waals surface area contributed by atoms with Crippen molar-refractivity contribution < 1.29 is 0 Å². The molecule has 54 heavy (non-hydrogen) atoms. The highest BCUT2D eigenvalue weighted by molar-refractivity contribution is 6.42. The van der Waals surface area contributed by atoms with Crippen LogP contribution in [0.3, 0.4) is 0 Å². The minimum atomic E-state index is 1.25. The molecule has 246 valence electrons. The third kappa shape index (κ3) is 3.67. The minimum Gasteiger partial charge on any atom is -0.0616 e. The molecule has 0 atom stereocenters. The van der Waals surface area contributed by atoms with Gasteiger partial charge in [0, 0.05) is 0 Å². The van der Waals surface area contributed by atoms with E-state index in [4.69, 9.17) is 0 Å². The van der Waals surface area contributed by atoms with E-state index in [0.29, 0.717) is 0 Å². The van der Waals surface area contributed by atoms with E-state index < -0.39 is 0 Å². The fourth-order valence-electron chi connectivity index (χ4n) is 10.2. The van der Waals surface area contributed by atoms with Crippen LogP contribution in [0.1, 0.15) is 0 Å². The lowest BCUT2D eigenvalue weighted by Crippen LogP contribution is -1.90. The van der Waals surface area contributed by atoms with Gasteiger partial charge in [0.1, 0.15) is 0 Å². The molecule has 0 fully saturated rings. The van der Waals surface area contributed by atoms with Crippen LogP contribution in [0.2, 0.25) is 0 Å². The maximum Gasteiger partial charge on any atom is -0.000741 e. The standard InChI is InChI=1S/C54H30/c1-3-12-34-26-37(24-22-31(34)10-1)50-47-29-44-41-19-9-18-40-39-17-6-5-14-36(39)28-46(52(40)41)45(44)30-48(47)51(38-25-23-32-11-2-4-13-35(32)27-38)54-43-21-8-16-33-15-7-20-42(49(33)43)53(50)54/h1-30H. The zero-order chi connectivity index (χ0) is 35.1. The number of benzene rings is 11. The molecule has 0 radical (unpaired) electrons. The lowest BCUT2D eigenvalue weighted by molar-refractivity contribution is 1.71. The summed E-state index contributed by atoms with van der Waals surface area (Å²) in [6, 6.07) is 68.7. The monoisotopic (exact) mass is 678 g/mol. The third-order valence-corrected chi connectivity index (χ3v) is 12.4. The maximum atomic E-state index is 2.55. The van der Waals surface area contributed by atoms with Gasteiger partial charge in [-0.15, -0.1) is 0 Å². The molecule has 0 saturated carbocycles. The first-order chi connectivity index (χ1) is 26.8. The SMILES string of the molecule is c1ccc2cc(-c3c4cc5c(cc4c(-c4ccc6ccccc6c4)c4c6cccc7cccc(c34)c76)c3cc4ccccc4c4cccc5c43)ccc2c1. The Morgan fingerprint density at radius 1 is 0.185 bits per heavy atom. The molecule has 13 aromatic rings. The first-order valence-electron chi connectivity index (χ1n) is 18.9. The summed E-state index contributed by atoms with van der Waals surface area (Å²) in [5.74, 6) is 0. The molecule has 0 aliphatic carbocycles. The van der Waals surface area contributed by atoms with Gasteiger partial charge in [0.15, 0.2) is 0 Å². The summed E-state index contributed by atoms with van der Waals surface area (Å²) in [7, 11) is 0. The van der Waals surface area contributed by atoms with Crippen LogP contribution in [-0.2, 0) is 0 Å². The van der Waals surface area contributed by atoms with E-state index in [-0.39, 0.29) is 0 Å². The van der Waals surface area contributed by atoms with Crippen LogP contribution >= 0.6 is 0 Å². The molecule has 13 aromatic carbocycles. The molecule has 0 amide bonds. The van der Waals surface area contributed by atoms with E-state index in [1.165, 1.54) is 130 Å². The second kappa shape index (κ2) is 10.3. The molecule has 0 nitrogen and oxygen atoms in total.